The minimum absolute atomic E-state index is 0.237. The number of aliphatic hydroxyl groups is 8. The van der Waals surface area contributed by atoms with Crippen molar-refractivity contribution in [1.29, 1.82) is 0 Å². The largest absolute Gasteiger partial charge is 0.394 e. The van der Waals surface area contributed by atoms with Crippen molar-refractivity contribution in [2.45, 2.75) is 344 Å². The van der Waals surface area contributed by atoms with Crippen molar-refractivity contribution in [1.82, 2.24) is 5.32 Å². The van der Waals surface area contributed by atoms with Crippen LogP contribution in [0.1, 0.15) is 271 Å². The van der Waals surface area contributed by atoms with E-state index >= 15 is 0 Å². The van der Waals surface area contributed by atoms with Gasteiger partial charge < -0.3 is 65.1 Å². The van der Waals surface area contributed by atoms with Gasteiger partial charge in [0.2, 0.25) is 5.91 Å². The van der Waals surface area contributed by atoms with E-state index in [4.69, 9.17) is 18.9 Å². The molecular formula is C68H123NO13. The number of aliphatic hydroxyl groups excluding tert-OH is 8. The molecule has 0 aromatic rings. The minimum Gasteiger partial charge on any atom is -0.394 e. The van der Waals surface area contributed by atoms with Gasteiger partial charge in [-0.25, -0.2) is 0 Å². The predicted molar refractivity (Wildman–Crippen MR) is 332 cm³/mol. The fourth-order valence-corrected chi connectivity index (χ4v) is 10.9. The lowest BCUT2D eigenvalue weighted by atomic mass is 9.97. The SMILES string of the molecule is CC/C=C\C/C=C\C/C=C\C/C=C\CCCCCCCCCCCCCCCCCCCCCCC(=O)NC(COC1OC(CO)C(OC2OC(CO)C(O)C(O)C2O)C(O)C1O)C(O)/C=C/CCCCCCCCCCCCCCC. The summed E-state index contributed by atoms with van der Waals surface area (Å²) in [4.78, 5) is 13.3. The van der Waals surface area contributed by atoms with Crippen molar-refractivity contribution in [3.63, 3.8) is 0 Å². The minimum atomic E-state index is -1.79. The van der Waals surface area contributed by atoms with Crippen LogP contribution in [-0.2, 0) is 23.7 Å². The van der Waals surface area contributed by atoms with Crippen molar-refractivity contribution in [2.75, 3.05) is 19.8 Å². The standard InChI is InChI=1S/C68H123NO13/c1-3-5-7-9-11-13-15-17-19-20-21-22-23-24-25-26-27-28-29-30-31-32-33-34-35-36-38-40-42-44-46-48-50-52-60(73)69-56(57(72)51-49-47-45-43-41-39-37-18-16-14-12-10-8-6-4-2)55-79-67-65(78)63(76)66(59(54-71)81-67)82-68-64(77)62(75)61(74)58(53-70)80-68/h5,7,11,13,17,19,21-22,49,51,56-59,61-68,70-72,74-78H,3-4,6,8-10,12,14-16,18,20,23-48,50,52-55H2,1-2H3,(H,69,73)/b7-5-,13-11-,19-17-,22-21-,51-49+. The highest BCUT2D eigenvalue weighted by Gasteiger charge is 2.51. The Labute approximate surface area is 498 Å². The van der Waals surface area contributed by atoms with E-state index in [0.717, 1.165) is 64.2 Å². The summed E-state index contributed by atoms with van der Waals surface area (Å²) >= 11 is 0. The summed E-state index contributed by atoms with van der Waals surface area (Å²) in [6.07, 6.45) is 52.8. The van der Waals surface area contributed by atoms with Crippen molar-refractivity contribution in [3.05, 3.63) is 60.8 Å². The molecule has 0 aromatic carbocycles. The number of ether oxygens (including phenoxy) is 4. The molecule has 2 heterocycles. The summed E-state index contributed by atoms with van der Waals surface area (Å²) in [5.41, 5.74) is 0. The highest BCUT2D eigenvalue weighted by Crippen LogP contribution is 2.30. The summed E-state index contributed by atoms with van der Waals surface area (Å²) in [5, 5.41) is 87.2. The van der Waals surface area contributed by atoms with Crippen LogP contribution < -0.4 is 5.32 Å². The average Bonchev–Trinajstić information content (AvgIpc) is 3.60. The fourth-order valence-electron chi connectivity index (χ4n) is 10.9. The molecule has 478 valence electrons. The molecule has 0 spiro atoms. The lowest BCUT2D eigenvalue weighted by molar-refractivity contribution is -0.359. The Morgan fingerprint density at radius 1 is 0.451 bits per heavy atom. The Kier molecular flexibility index (Phi) is 49.0. The first-order valence-electron chi connectivity index (χ1n) is 33.5. The second-order valence-corrected chi connectivity index (χ2v) is 23.6. The van der Waals surface area contributed by atoms with Crippen LogP contribution in [0, 0.1) is 0 Å². The molecule has 0 aromatic heterocycles. The van der Waals surface area contributed by atoms with Crippen LogP contribution in [0.5, 0.6) is 0 Å². The fraction of sp³-hybridized carbons (Fsp3) is 0.838. The van der Waals surface area contributed by atoms with Gasteiger partial charge in [0.05, 0.1) is 32.0 Å². The van der Waals surface area contributed by atoms with Gasteiger partial charge in [-0.05, 0) is 57.8 Å². The van der Waals surface area contributed by atoms with Gasteiger partial charge in [-0.2, -0.15) is 0 Å². The van der Waals surface area contributed by atoms with Crippen molar-refractivity contribution >= 4 is 5.91 Å². The lowest BCUT2D eigenvalue weighted by Gasteiger charge is -2.46. The van der Waals surface area contributed by atoms with E-state index in [1.165, 1.54) is 180 Å². The van der Waals surface area contributed by atoms with E-state index in [2.05, 4.69) is 67.8 Å². The summed E-state index contributed by atoms with van der Waals surface area (Å²) < 4.78 is 22.8. The molecule has 9 N–H and O–H groups in total. The first-order chi connectivity index (χ1) is 40.1. The third-order valence-electron chi connectivity index (χ3n) is 16.2. The maximum absolute atomic E-state index is 13.3. The molecule has 2 aliphatic rings. The third-order valence-corrected chi connectivity index (χ3v) is 16.2. The zero-order valence-electron chi connectivity index (χ0n) is 51.7. The van der Waals surface area contributed by atoms with Gasteiger partial charge in [0.1, 0.15) is 48.8 Å². The van der Waals surface area contributed by atoms with Gasteiger partial charge >= 0.3 is 0 Å². The van der Waals surface area contributed by atoms with E-state index in [9.17, 15) is 45.6 Å². The average molecular weight is 1160 g/mol. The van der Waals surface area contributed by atoms with Gasteiger partial charge in [0, 0.05) is 6.42 Å². The molecule has 2 aliphatic heterocycles. The van der Waals surface area contributed by atoms with Gasteiger partial charge in [0.25, 0.3) is 0 Å². The lowest BCUT2D eigenvalue weighted by Crippen LogP contribution is -2.65. The second kappa shape index (κ2) is 53.0. The number of rotatable bonds is 54. The molecule has 14 heteroatoms. The second-order valence-electron chi connectivity index (χ2n) is 23.6. The summed E-state index contributed by atoms with van der Waals surface area (Å²) in [5.74, 6) is -0.237. The molecule has 0 aliphatic carbocycles. The zero-order chi connectivity index (χ0) is 59.5. The van der Waals surface area contributed by atoms with E-state index in [0.29, 0.717) is 6.42 Å². The van der Waals surface area contributed by atoms with Crippen LogP contribution in [0.3, 0.4) is 0 Å². The predicted octanol–water partition coefficient (Wildman–Crippen LogP) is 12.9. The number of carbonyl (C=O) groups is 1. The quantitative estimate of drug-likeness (QED) is 0.0204. The van der Waals surface area contributed by atoms with E-state index < -0.39 is 86.8 Å². The van der Waals surface area contributed by atoms with Crippen molar-refractivity contribution < 1.29 is 64.6 Å². The Bertz CT molecular complexity index is 1610. The monoisotopic (exact) mass is 1160 g/mol. The van der Waals surface area contributed by atoms with E-state index in [1.807, 2.05) is 6.08 Å². The molecule has 2 fully saturated rings. The van der Waals surface area contributed by atoms with Crippen LogP contribution in [0.4, 0.5) is 0 Å². The molecule has 12 atom stereocenters. The molecule has 2 rings (SSSR count). The molecule has 1 amide bonds. The first-order valence-corrected chi connectivity index (χ1v) is 33.5. The summed E-state index contributed by atoms with van der Waals surface area (Å²) in [7, 11) is 0. The number of amides is 1. The number of unbranched alkanes of at least 4 members (excludes halogenated alkanes) is 33. The molecule has 0 bridgehead atoms. The normalized spacial score (nSPS) is 24.3. The van der Waals surface area contributed by atoms with Gasteiger partial charge in [-0.15, -0.1) is 0 Å². The Morgan fingerprint density at radius 3 is 1.29 bits per heavy atom. The highest BCUT2D eigenvalue weighted by atomic mass is 16.7. The Hall–Kier alpha value is -2.31. The van der Waals surface area contributed by atoms with E-state index in [1.54, 1.807) is 6.08 Å². The number of allylic oxidation sites excluding steroid dienone is 9. The maximum atomic E-state index is 13.3. The maximum Gasteiger partial charge on any atom is 0.220 e. The molecule has 14 nitrogen and oxygen atoms in total. The van der Waals surface area contributed by atoms with Crippen LogP contribution in [0.25, 0.3) is 0 Å². The van der Waals surface area contributed by atoms with Crippen molar-refractivity contribution in [3.8, 4) is 0 Å². The molecule has 0 radical (unpaired) electrons. The highest BCUT2D eigenvalue weighted by molar-refractivity contribution is 5.76. The van der Waals surface area contributed by atoms with Crippen LogP contribution in [-0.4, -0.2) is 140 Å². The molecule has 12 unspecified atom stereocenters. The van der Waals surface area contributed by atoms with E-state index in [-0.39, 0.29) is 18.9 Å². The van der Waals surface area contributed by atoms with Crippen LogP contribution in [0.2, 0.25) is 0 Å². The summed E-state index contributed by atoms with van der Waals surface area (Å²) in [6.45, 7) is 2.70. The number of hydrogen-bond acceptors (Lipinski definition) is 13. The van der Waals surface area contributed by atoms with Gasteiger partial charge in [-0.3, -0.25) is 4.79 Å². The van der Waals surface area contributed by atoms with Crippen molar-refractivity contribution in [2.24, 2.45) is 0 Å². The van der Waals surface area contributed by atoms with Gasteiger partial charge in [0.15, 0.2) is 12.6 Å². The first kappa shape index (κ1) is 75.8. The summed E-state index contributed by atoms with van der Waals surface area (Å²) in [6, 6.07) is -0.914. The smallest absolute Gasteiger partial charge is 0.220 e. The molecular weight excluding hydrogens is 1040 g/mol. The molecule has 82 heavy (non-hydrogen) atoms. The van der Waals surface area contributed by atoms with Crippen LogP contribution >= 0.6 is 0 Å². The Balaban J connectivity index is 1.63. The Morgan fingerprint density at radius 2 is 0.841 bits per heavy atom. The number of nitrogens with one attached hydrogen (secondary N) is 1. The molecule has 2 saturated heterocycles. The molecule has 0 saturated carbocycles. The topological polar surface area (TPSA) is 228 Å². The van der Waals surface area contributed by atoms with Gasteiger partial charge in [-0.1, -0.05) is 267 Å². The third kappa shape index (κ3) is 37.3. The van der Waals surface area contributed by atoms with Crippen LogP contribution in [0.15, 0.2) is 60.8 Å². The number of hydrogen-bond donors (Lipinski definition) is 9. The number of carbonyl (C=O) groups excluding carboxylic acids is 1. The zero-order valence-corrected chi connectivity index (χ0v) is 51.7.